The van der Waals surface area contributed by atoms with E-state index in [4.69, 9.17) is 9.47 Å². The Labute approximate surface area is 179 Å². The second-order valence-corrected chi connectivity index (χ2v) is 6.52. The van der Waals surface area contributed by atoms with E-state index in [-0.39, 0.29) is 35.7 Å². The number of ether oxygens (including phenoxy) is 2. The summed E-state index contributed by atoms with van der Waals surface area (Å²) in [5.74, 6) is -2.01. The fraction of sp³-hybridized carbons (Fsp3) is 0.211. The maximum absolute atomic E-state index is 12.4. The molecule has 13 nitrogen and oxygen atoms in total. The Bertz CT molecular complexity index is 1130. The summed E-state index contributed by atoms with van der Waals surface area (Å²) in [6.07, 6.45) is 0. The highest BCUT2D eigenvalue weighted by Crippen LogP contribution is 2.31. The molecular weight excluding hydrogens is 428 g/mol. The van der Waals surface area contributed by atoms with E-state index in [1.165, 1.54) is 25.3 Å². The maximum Gasteiger partial charge on any atom is 0.317 e. The fourth-order valence-corrected chi connectivity index (χ4v) is 2.98. The summed E-state index contributed by atoms with van der Waals surface area (Å²) in [6.45, 7) is -0.365. The van der Waals surface area contributed by atoms with Gasteiger partial charge in [0, 0.05) is 18.9 Å². The lowest BCUT2D eigenvalue weighted by Crippen LogP contribution is -2.32. The van der Waals surface area contributed by atoms with E-state index >= 15 is 0 Å². The molecule has 1 heterocycles. The molecule has 0 bridgehead atoms. The standard InChI is InChI=1S/C19H16N4O9/c1-31-7-6-21-18(25)13-4-2-11(8-14(13)19(21)26)20-17(24)10-32-16-5-3-12(22(27)28)9-15(16)23(29)30/h2-5,8-9H,6-7,10H2,1H3,(H,20,24). The van der Waals surface area contributed by atoms with E-state index in [2.05, 4.69) is 5.32 Å². The molecule has 0 saturated heterocycles. The Morgan fingerprint density at radius 3 is 2.41 bits per heavy atom. The number of nitro benzene ring substituents is 2. The lowest BCUT2D eigenvalue weighted by molar-refractivity contribution is -0.394. The summed E-state index contributed by atoms with van der Waals surface area (Å²) >= 11 is 0. The molecule has 0 atom stereocenters. The van der Waals surface area contributed by atoms with Crippen molar-refractivity contribution in [1.82, 2.24) is 4.90 Å². The molecule has 0 aromatic heterocycles. The molecule has 1 N–H and O–H groups in total. The van der Waals surface area contributed by atoms with Crippen LogP contribution in [-0.2, 0) is 9.53 Å². The summed E-state index contributed by atoms with van der Waals surface area (Å²) in [4.78, 5) is 58.2. The average molecular weight is 444 g/mol. The highest BCUT2D eigenvalue weighted by molar-refractivity contribution is 6.21. The van der Waals surface area contributed by atoms with Crippen molar-refractivity contribution in [2.24, 2.45) is 0 Å². The van der Waals surface area contributed by atoms with Gasteiger partial charge in [-0.05, 0) is 24.3 Å². The van der Waals surface area contributed by atoms with Gasteiger partial charge in [0.15, 0.2) is 12.4 Å². The molecule has 2 aromatic carbocycles. The van der Waals surface area contributed by atoms with Crippen LogP contribution < -0.4 is 10.1 Å². The van der Waals surface area contributed by atoms with Crippen LogP contribution in [0.1, 0.15) is 20.7 Å². The Balaban J connectivity index is 1.68. The van der Waals surface area contributed by atoms with Gasteiger partial charge in [0.05, 0.1) is 40.2 Å². The van der Waals surface area contributed by atoms with Gasteiger partial charge in [0.2, 0.25) is 0 Å². The normalized spacial score (nSPS) is 12.5. The molecule has 0 saturated carbocycles. The van der Waals surface area contributed by atoms with Crippen LogP contribution in [0, 0.1) is 20.2 Å². The molecule has 0 spiro atoms. The molecule has 1 aliphatic rings. The molecule has 166 valence electrons. The van der Waals surface area contributed by atoms with Gasteiger partial charge in [-0.2, -0.15) is 0 Å². The van der Waals surface area contributed by atoms with Crippen molar-refractivity contribution >= 4 is 34.8 Å². The molecule has 2 aromatic rings. The first-order chi connectivity index (χ1) is 15.2. The molecular formula is C19H16N4O9. The van der Waals surface area contributed by atoms with Crippen LogP contribution in [0.3, 0.4) is 0 Å². The quantitative estimate of drug-likeness (QED) is 0.344. The van der Waals surface area contributed by atoms with Gasteiger partial charge >= 0.3 is 5.69 Å². The largest absolute Gasteiger partial charge is 0.477 e. The maximum atomic E-state index is 12.4. The van der Waals surface area contributed by atoms with E-state index in [0.29, 0.717) is 0 Å². The van der Waals surface area contributed by atoms with E-state index in [1.807, 2.05) is 0 Å². The van der Waals surface area contributed by atoms with Gasteiger partial charge in [-0.3, -0.25) is 39.5 Å². The number of hydrogen-bond acceptors (Lipinski definition) is 9. The lowest BCUT2D eigenvalue weighted by Gasteiger charge is -2.12. The summed E-state index contributed by atoms with van der Waals surface area (Å²) in [5, 5.41) is 24.4. The van der Waals surface area contributed by atoms with Crippen LogP contribution in [0.5, 0.6) is 5.75 Å². The summed E-state index contributed by atoms with van der Waals surface area (Å²) in [6, 6.07) is 6.94. The van der Waals surface area contributed by atoms with Crippen molar-refractivity contribution in [3.63, 3.8) is 0 Å². The number of carbonyl (C=O) groups is 3. The number of imide groups is 1. The van der Waals surface area contributed by atoms with E-state index < -0.39 is 45.5 Å². The number of nitrogens with one attached hydrogen (secondary N) is 1. The number of nitro groups is 2. The number of nitrogens with zero attached hydrogens (tertiary/aromatic N) is 3. The zero-order valence-corrected chi connectivity index (χ0v) is 16.6. The van der Waals surface area contributed by atoms with Gasteiger partial charge < -0.3 is 14.8 Å². The van der Waals surface area contributed by atoms with Crippen LogP contribution in [0.4, 0.5) is 17.1 Å². The minimum Gasteiger partial charge on any atom is -0.477 e. The summed E-state index contributed by atoms with van der Waals surface area (Å²) in [7, 11) is 1.44. The van der Waals surface area contributed by atoms with Crippen molar-refractivity contribution in [2.75, 3.05) is 32.2 Å². The monoisotopic (exact) mass is 444 g/mol. The molecule has 32 heavy (non-hydrogen) atoms. The van der Waals surface area contributed by atoms with Crippen LogP contribution >= 0.6 is 0 Å². The number of methoxy groups -OCH3 is 1. The van der Waals surface area contributed by atoms with E-state index in [1.54, 1.807) is 0 Å². The number of carbonyl (C=O) groups excluding carboxylic acids is 3. The van der Waals surface area contributed by atoms with Gasteiger partial charge in [-0.25, -0.2) is 0 Å². The number of hydrogen-bond donors (Lipinski definition) is 1. The number of fused-ring (bicyclic) bond motifs is 1. The first-order valence-corrected chi connectivity index (χ1v) is 9.07. The van der Waals surface area contributed by atoms with Gasteiger partial charge in [-0.15, -0.1) is 0 Å². The molecule has 3 rings (SSSR count). The van der Waals surface area contributed by atoms with E-state index in [9.17, 15) is 34.6 Å². The van der Waals surface area contributed by atoms with Crippen LogP contribution in [0.2, 0.25) is 0 Å². The molecule has 1 aliphatic heterocycles. The third kappa shape index (κ3) is 4.52. The van der Waals surface area contributed by atoms with Crippen molar-refractivity contribution in [1.29, 1.82) is 0 Å². The van der Waals surface area contributed by atoms with Crippen molar-refractivity contribution in [2.45, 2.75) is 0 Å². The van der Waals surface area contributed by atoms with Gasteiger partial charge in [0.25, 0.3) is 23.4 Å². The Morgan fingerprint density at radius 1 is 1.03 bits per heavy atom. The minimum atomic E-state index is -0.862. The van der Waals surface area contributed by atoms with E-state index in [0.717, 1.165) is 23.1 Å². The molecule has 0 fully saturated rings. The molecule has 0 radical (unpaired) electrons. The van der Waals surface area contributed by atoms with Gasteiger partial charge in [-0.1, -0.05) is 0 Å². The highest BCUT2D eigenvalue weighted by Gasteiger charge is 2.35. The first kappa shape index (κ1) is 22.3. The van der Waals surface area contributed by atoms with Crippen molar-refractivity contribution in [3.05, 3.63) is 67.8 Å². The predicted octanol–water partition coefficient (Wildman–Crippen LogP) is 1.76. The fourth-order valence-electron chi connectivity index (χ4n) is 2.98. The Hall–Kier alpha value is -4.39. The number of amides is 3. The first-order valence-electron chi connectivity index (χ1n) is 9.07. The van der Waals surface area contributed by atoms with Gasteiger partial charge in [0.1, 0.15) is 0 Å². The Kier molecular flexibility index (Phi) is 6.39. The SMILES string of the molecule is COCCN1C(=O)c2ccc(NC(=O)COc3ccc([N+](=O)[O-])cc3[N+](=O)[O-])cc2C1=O. The molecule has 3 amide bonds. The zero-order chi connectivity index (χ0) is 23.4. The molecule has 0 aliphatic carbocycles. The van der Waals surface area contributed by atoms with Crippen LogP contribution in [0.15, 0.2) is 36.4 Å². The predicted molar refractivity (Wildman–Crippen MR) is 108 cm³/mol. The number of anilines is 1. The Morgan fingerprint density at radius 2 is 1.75 bits per heavy atom. The third-order valence-corrected chi connectivity index (χ3v) is 4.48. The minimum absolute atomic E-state index is 0.0897. The highest BCUT2D eigenvalue weighted by atomic mass is 16.6. The topological polar surface area (TPSA) is 171 Å². The number of rotatable bonds is 9. The number of benzene rings is 2. The van der Waals surface area contributed by atoms with Crippen molar-refractivity contribution in [3.8, 4) is 5.75 Å². The summed E-state index contributed by atoms with van der Waals surface area (Å²) < 4.78 is 10.0. The second-order valence-electron chi connectivity index (χ2n) is 6.52. The molecule has 0 unspecified atom stereocenters. The van der Waals surface area contributed by atoms with Crippen molar-refractivity contribution < 1.29 is 33.7 Å². The number of non-ortho nitro benzene ring substituents is 1. The van der Waals surface area contributed by atoms with Crippen LogP contribution in [-0.4, -0.2) is 59.3 Å². The second kappa shape index (κ2) is 9.18. The average Bonchev–Trinajstić information content (AvgIpc) is 2.99. The smallest absolute Gasteiger partial charge is 0.317 e. The zero-order valence-electron chi connectivity index (χ0n) is 16.6. The van der Waals surface area contributed by atoms with Crippen LogP contribution in [0.25, 0.3) is 0 Å². The molecule has 13 heteroatoms. The summed E-state index contributed by atoms with van der Waals surface area (Å²) in [5.41, 5.74) is -0.627. The lowest BCUT2D eigenvalue weighted by atomic mass is 10.1. The third-order valence-electron chi connectivity index (χ3n) is 4.48.